The molecule has 0 aliphatic rings. The Bertz CT molecular complexity index is 539. The van der Waals surface area contributed by atoms with Crippen molar-refractivity contribution in [3.63, 3.8) is 0 Å². The van der Waals surface area contributed by atoms with Crippen LogP contribution in [0.25, 0.3) is 0 Å². The molecule has 4 nitrogen and oxygen atoms in total. The fraction of sp³-hybridized carbons (Fsp3) is 0.625. The predicted octanol–water partition coefficient (Wildman–Crippen LogP) is 2.82. The minimum absolute atomic E-state index is 0.391. The first-order valence-electron chi connectivity index (χ1n) is 7.66. The summed E-state index contributed by atoms with van der Waals surface area (Å²) in [5.74, 6) is 0.597. The second-order valence-corrected chi connectivity index (χ2v) is 7.55. The van der Waals surface area contributed by atoms with Gasteiger partial charge in [-0.25, -0.2) is 13.1 Å². The zero-order valence-corrected chi connectivity index (χ0v) is 14.4. The second kappa shape index (κ2) is 8.51. The molecule has 0 saturated heterocycles. The molecule has 1 rings (SSSR count). The van der Waals surface area contributed by atoms with Crippen LogP contribution in [0.4, 0.5) is 0 Å². The van der Waals surface area contributed by atoms with Crippen LogP contribution in [0.15, 0.2) is 23.1 Å². The third-order valence-electron chi connectivity index (χ3n) is 3.37. The maximum atomic E-state index is 12.4. The van der Waals surface area contributed by atoms with E-state index >= 15 is 0 Å². The number of hydrogen-bond donors (Lipinski definition) is 2. The Balaban J connectivity index is 2.76. The Morgan fingerprint density at radius 2 is 1.95 bits per heavy atom. The van der Waals surface area contributed by atoms with Crippen LogP contribution in [0.1, 0.15) is 44.7 Å². The van der Waals surface area contributed by atoms with Crippen LogP contribution in [-0.4, -0.2) is 21.5 Å². The van der Waals surface area contributed by atoms with Crippen molar-refractivity contribution in [2.24, 2.45) is 5.92 Å². The van der Waals surface area contributed by atoms with E-state index in [1.807, 2.05) is 26.0 Å². The normalized spacial score (nSPS) is 12.0. The summed E-state index contributed by atoms with van der Waals surface area (Å²) in [5, 5.41) is 3.21. The smallest absolute Gasteiger partial charge is 0.240 e. The molecule has 1 aromatic rings. The van der Waals surface area contributed by atoms with Gasteiger partial charge in [0.05, 0.1) is 4.90 Å². The number of sulfonamides is 1. The summed E-state index contributed by atoms with van der Waals surface area (Å²) in [6.07, 6.45) is 1.90. The van der Waals surface area contributed by atoms with Gasteiger partial charge < -0.3 is 5.32 Å². The highest BCUT2D eigenvalue weighted by Gasteiger charge is 2.16. The lowest BCUT2D eigenvalue weighted by atomic mass is 10.1. The summed E-state index contributed by atoms with van der Waals surface area (Å²) in [6.45, 7) is 10.2. The number of nitrogens with one attached hydrogen (secondary N) is 2. The first-order valence-corrected chi connectivity index (χ1v) is 9.15. The molecule has 0 fully saturated rings. The van der Waals surface area contributed by atoms with E-state index in [0.29, 0.717) is 23.9 Å². The fourth-order valence-electron chi connectivity index (χ4n) is 2.11. The molecule has 0 aliphatic heterocycles. The molecule has 0 unspecified atom stereocenters. The lowest BCUT2D eigenvalue weighted by Crippen LogP contribution is -2.26. The van der Waals surface area contributed by atoms with E-state index < -0.39 is 10.0 Å². The topological polar surface area (TPSA) is 58.2 Å². The van der Waals surface area contributed by atoms with Gasteiger partial charge in [-0.05, 0) is 49.4 Å². The molecule has 21 heavy (non-hydrogen) atoms. The minimum Gasteiger partial charge on any atom is -0.313 e. The van der Waals surface area contributed by atoms with Crippen molar-refractivity contribution in [1.29, 1.82) is 0 Å². The summed E-state index contributed by atoms with van der Waals surface area (Å²) in [5.41, 5.74) is 1.77. The second-order valence-electron chi connectivity index (χ2n) is 5.81. The van der Waals surface area contributed by atoms with Crippen LogP contribution >= 0.6 is 0 Å². The highest BCUT2D eigenvalue weighted by Crippen LogP contribution is 2.17. The van der Waals surface area contributed by atoms with Crippen LogP contribution in [0.5, 0.6) is 0 Å². The Hall–Kier alpha value is -0.910. The monoisotopic (exact) mass is 312 g/mol. The van der Waals surface area contributed by atoms with Crippen LogP contribution < -0.4 is 10.0 Å². The van der Waals surface area contributed by atoms with Gasteiger partial charge in [0, 0.05) is 13.1 Å². The summed E-state index contributed by atoms with van der Waals surface area (Å²) < 4.78 is 27.5. The molecule has 5 heteroatoms. The Morgan fingerprint density at radius 3 is 2.57 bits per heavy atom. The van der Waals surface area contributed by atoms with E-state index in [1.54, 1.807) is 6.07 Å². The average Bonchev–Trinajstić information content (AvgIpc) is 2.42. The van der Waals surface area contributed by atoms with Crippen molar-refractivity contribution in [3.05, 3.63) is 29.3 Å². The summed E-state index contributed by atoms with van der Waals surface area (Å²) in [6, 6.07) is 5.61. The first-order chi connectivity index (χ1) is 9.86. The standard InChI is InChI=1S/C16H28N2O2S/c1-5-17-12-15-9-8-14(4)16(11-15)21(19,20)18-10-6-7-13(2)3/h8-9,11,13,17-18H,5-7,10,12H2,1-4H3. The molecule has 0 heterocycles. The molecule has 0 atom stereocenters. The number of aryl methyl sites for hydroxylation is 1. The molecule has 120 valence electrons. The Labute approximate surface area is 129 Å². The van der Waals surface area contributed by atoms with Crippen molar-refractivity contribution < 1.29 is 8.42 Å². The van der Waals surface area contributed by atoms with E-state index in [-0.39, 0.29) is 0 Å². The van der Waals surface area contributed by atoms with Crippen LogP contribution in [-0.2, 0) is 16.6 Å². The van der Waals surface area contributed by atoms with Crippen molar-refractivity contribution >= 4 is 10.0 Å². The molecule has 0 spiro atoms. The molecular weight excluding hydrogens is 284 g/mol. The van der Waals surface area contributed by atoms with E-state index in [9.17, 15) is 8.42 Å². The molecule has 0 amide bonds. The molecule has 0 aliphatic carbocycles. The van der Waals surface area contributed by atoms with Gasteiger partial charge in [-0.1, -0.05) is 32.9 Å². The number of rotatable bonds is 9. The maximum Gasteiger partial charge on any atom is 0.240 e. The zero-order chi connectivity index (χ0) is 15.9. The minimum atomic E-state index is -3.41. The zero-order valence-electron chi connectivity index (χ0n) is 13.6. The van der Waals surface area contributed by atoms with E-state index in [1.165, 1.54) is 0 Å². The SMILES string of the molecule is CCNCc1ccc(C)c(S(=O)(=O)NCCCC(C)C)c1. The van der Waals surface area contributed by atoms with Gasteiger partial charge in [0.2, 0.25) is 10.0 Å². The average molecular weight is 312 g/mol. The molecule has 0 aromatic heterocycles. The van der Waals surface area contributed by atoms with Gasteiger partial charge in [0.25, 0.3) is 0 Å². The quantitative estimate of drug-likeness (QED) is 0.689. The largest absolute Gasteiger partial charge is 0.313 e. The van der Waals surface area contributed by atoms with Crippen LogP contribution in [0, 0.1) is 12.8 Å². The number of hydrogen-bond acceptors (Lipinski definition) is 3. The predicted molar refractivity (Wildman–Crippen MR) is 87.8 cm³/mol. The highest BCUT2D eigenvalue weighted by molar-refractivity contribution is 7.89. The molecule has 0 bridgehead atoms. The van der Waals surface area contributed by atoms with Gasteiger partial charge in [-0.3, -0.25) is 0 Å². The Kier molecular flexibility index (Phi) is 7.35. The summed E-state index contributed by atoms with van der Waals surface area (Å²) >= 11 is 0. The number of benzene rings is 1. The van der Waals surface area contributed by atoms with Crippen LogP contribution in [0.3, 0.4) is 0 Å². The van der Waals surface area contributed by atoms with Gasteiger partial charge in [-0.15, -0.1) is 0 Å². The summed E-state index contributed by atoms with van der Waals surface area (Å²) in [4.78, 5) is 0.391. The third kappa shape index (κ3) is 6.16. The molecule has 0 radical (unpaired) electrons. The van der Waals surface area contributed by atoms with Gasteiger partial charge in [-0.2, -0.15) is 0 Å². The first kappa shape index (κ1) is 18.1. The third-order valence-corrected chi connectivity index (χ3v) is 4.97. The van der Waals surface area contributed by atoms with Crippen molar-refractivity contribution in [1.82, 2.24) is 10.0 Å². The van der Waals surface area contributed by atoms with Crippen molar-refractivity contribution in [3.8, 4) is 0 Å². The molecule has 2 N–H and O–H groups in total. The lowest BCUT2D eigenvalue weighted by Gasteiger charge is -2.12. The van der Waals surface area contributed by atoms with E-state index in [2.05, 4.69) is 23.9 Å². The highest BCUT2D eigenvalue weighted by atomic mass is 32.2. The fourth-order valence-corrected chi connectivity index (χ4v) is 3.47. The molecule has 1 aromatic carbocycles. The van der Waals surface area contributed by atoms with E-state index in [0.717, 1.165) is 30.5 Å². The summed E-state index contributed by atoms with van der Waals surface area (Å²) in [7, 11) is -3.41. The van der Waals surface area contributed by atoms with Gasteiger partial charge in [0.15, 0.2) is 0 Å². The van der Waals surface area contributed by atoms with Crippen molar-refractivity contribution in [2.75, 3.05) is 13.1 Å². The Morgan fingerprint density at radius 1 is 1.24 bits per heavy atom. The van der Waals surface area contributed by atoms with Gasteiger partial charge >= 0.3 is 0 Å². The maximum absolute atomic E-state index is 12.4. The van der Waals surface area contributed by atoms with E-state index in [4.69, 9.17) is 0 Å². The van der Waals surface area contributed by atoms with Crippen LogP contribution in [0.2, 0.25) is 0 Å². The molecular formula is C16H28N2O2S. The lowest BCUT2D eigenvalue weighted by molar-refractivity contribution is 0.539. The van der Waals surface area contributed by atoms with Gasteiger partial charge in [0.1, 0.15) is 0 Å². The molecule has 0 saturated carbocycles. The van der Waals surface area contributed by atoms with Crippen molar-refractivity contribution in [2.45, 2.75) is 52.0 Å².